The van der Waals surface area contributed by atoms with E-state index in [-0.39, 0.29) is 17.8 Å². The molecule has 0 aliphatic heterocycles. The standard InChI is InChI=1S/C13H19FN2O/c1-4-12(15)13(17)16-9(3)10-6-5-8(2)11(14)7-10/h5-7,9,12H,4,15H2,1-3H3,(H,16,17)/t9?,12-/m1/s1. The van der Waals surface area contributed by atoms with Gasteiger partial charge in [0, 0.05) is 0 Å². The van der Waals surface area contributed by atoms with Crippen LogP contribution in [0.3, 0.4) is 0 Å². The normalized spacial score (nSPS) is 14.2. The first-order chi connectivity index (χ1) is 7.95. The zero-order valence-corrected chi connectivity index (χ0v) is 10.5. The van der Waals surface area contributed by atoms with E-state index in [1.165, 1.54) is 6.07 Å². The van der Waals surface area contributed by atoms with Gasteiger partial charge < -0.3 is 11.1 Å². The molecule has 0 saturated carbocycles. The molecule has 0 aromatic heterocycles. The number of carbonyl (C=O) groups is 1. The Balaban J connectivity index is 2.73. The molecule has 17 heavy (non-hydrogen) atoms. The number of hydrogen-bond donors (Lipinski definition) is 2. The number of aryl methyl sites for hydroxylation is 1. The van der Waals surface area contributed by atoms with E-state index in [0.717, 1.165) is 5.56 Å². The average molecular weight is 238 g/mol. The molecule has 0 radical (unpaired) electrons. The fraction of sp³-hybridized carbons (Fsp3) is 0.462. The molecular weight excluding hydrogens is 219 g/mol. The summed E-state index contributed by atoms with van der Waals surface area (Å²) in [4.78, 5) is 11.6. The minimum atomic E-state index is -0.507. The van der Waals surface area contributed by atoms with Crippen LogP contribution in [0.1, 0.15) is 37.4 Å². The van der Waals surface area contributed by atoms with Crippen LogP contribution in [-0.4, -0.2) is 11.9 Å². The topological polar surface area (TPSA) is 55.1 Å². The maximum atomic E-state index is 13.4. The van der Waals surface area contributed by atoms with Crippen molar-refractivity contribution in [3.05, 3.63) is 35.1 Å². The lowest BCUT2D eigenvalue weighted by molar-refractivity contribution is -0.123. The molecule has 3 N–H and O–H groups in total. The van der Waals surface area contributed by atoms with Gasteiger partial charge in [-0.05, 0) is 37.5 Å². The smallest absolute Gasteiger partial charge is 0.237 e. The number of carbonyl (C=O) groups excluding carboxylic acids is 1. The van der Waals surface area contributed by atoms with E-state index in [4.69, 9.17) is 5.73 Å². The van der Waals surface area contributed by atoms with Gasteiger partial charge in [-0.2, -0.15) is 0 Å². The molecule has 1 aromatic rings. The molecule has 0 spiro atoms. The minimum Gasteiger partial charge on any atom is -0.348 e. The number of nitrogens with two attached hydrogens (primary N) is 1. The van der Waals surface area contributed by atoms with Gasteiger partial charge in [0.1, 0.15) is 5.82 Å². The van der Waals surface area contributed by atoms with E-state index in [0.29, 0.717) is 12.0 Å². The van der Waals surface area contributed by atoms with Gasteiger partial charge in [0.25, 0.3) is 0 Å². The summed E-state index contributed by atoms with van der Waals surface area (Å²) in [7, 11) is 0. The molecule has 0 aliphatic rings. The summed E-state index contributed by atoms with van der Waals surface area (Å²) in [6.07, 6.45) is 0.584. The third-order valence-electron chi connectivity index (χ3n) is 2.83. The highest BCUT2D eigenvalue weighted by Crippen LogP contribution is 2.16. The third-order valence-corrected chi connectivity index (χ3v) is 2.83. The van der Waals surface area contributed by atoms with Crippen LogP contribution in [0, 0.1) is 12.7 Å². The Morgan fingerprint density at radius 3 is 2.71 bits per heavy atom. The van der Waals surface area contributed by atoms with Crippen LogP contribution in [0.5, 0.6) is 0 Å². The molecule has 1 amide bonds. The predicted molar refractivity (Wildman–Crippen MR) is 66.0 cm³/mol. The van der Waals surface area contributed by atoms with E-state index in [1.807, 2.05) is 13.8 Å². The van der Waals surface area contributed by atoms with Gasteiger partial charge in [-0.3, -0.25) is 4.79 Å². The molecule has 1 aromatic carbocycles. The van der Waals surface area contributed by atoms with Crippen molar-refractivity contribution in [2.75, 3.05) is 0 Å². The lowest BCUT2D eigenvalue weighted by atomic mass is 10.1. The zero-order chi connectivity index (χ0) is 13.0. The molecule has 2 atom stereocenters. The number of amides is 1. The molecule has 94 valence electrons. The van der Waals surface area contributed by atoms with Gasteiger partial charge in [0.15, 0.2) is 0 Å². The van der Waals surface area contributed by atoms with Crippen molar-refractivity contribution in [1.29, 1.82) is 0 Å². The van der Waals surface area contributed by atoms with Gasteiger partial charge in [-0.15, -0.1) is 0 Å². The Labute approximate surface area is 101 Å². The van der Waals surface area contributed by atoms with E-state index in [9.17, 15) is 9.18 Å². The van der Waals surface area contributed by atoms with Gasteiger partial charge in [-0.25, -0.2) is 4.39 Å². The van der Waals surface area contributed by atoms with Crippen LogP contribution in [0.2, 0.25) is 0 Å². The molecule has 0 bridgehead atoms. The second-order valence-electron chi connectivity index (χ2n) is 4.25. The number of halogens is 1. The first-order valence-corrected chi connectivity index (χ1v) is 5.77. The van der Waals surface area contributed by atoms with Crippen molar-refractivity contribution in [3.63, 3.8) is 0 Å². The highest BCUT2D eigenvalue weighted by molar-refractivity contribution is 5.81. The second-order valence-corrected chi connectivity index (χ2v) is 4.25. The molecule has 4 heteroatoms. The monoisotopic (exact) mass is 238 g/mol. The summed E-state index contributed by atoms with van der Waals surface area (Å²) in [6, 6.07) is 4.20. The Bertz CT molecular complexity index is 406. The molecule has 1 rings (SSSR count). The number of nitrogens with one attached hydrogen (secondary N) is 1. The highest BCUT2D eigenvalue weighted by Gasteiger charge is 2.15. The van der Waals surface area contributed by atoms with Gasteiger partial charge in [0.05, 0.1) is 12.1 Å². The van der Waals surface area contributed by atoms with Gasteiger partial charge in [-0.1, -0.05) is 19.1 Å². The molecule has 0 aliphatic carbocycles. The van der Waals surface area contributed by atoms with Crippen molar-refractivity contribution < 1.29 is 9.18 Å². The Morgan fingerprint density at radius 2 is 2.18 bits per heavy atom. The highest BCUT2D eigenvalue weighted by atomic mass is 19.1. The van der Waals surface area contributed by atoms with Crippen LogP contribution >= 0.6 is 0 Å². The summed E-state index contributed by atoms with van der Waals surface area (Å²) >= 11 is 0. The van der Waals surface area contributed by atoms with Crippen LogP contribution in [0.15, 0.2) is 18.2 Å². The maximum absolute atomic E-state index is 13.4. The fourth-order valence-corrected chi connectivity index (χ4v) is 1.47. The third kappa shape index (κ3) is 3.53. The quantitative estimate of drug-likeness (QED) is 0.843. The fourth-order valence-electron chi connectivity index (χ4n) is 1.47. The van der Waals surface area contributed by atoms with Crippen LogP contribution in [0.25, 0.3) is 0 Å². The molecule has 3 nitrogen and oxygen atoms in total. The number of benzene rings is 1. The number of rotatable bonds is 4. The minimum absolute atomic E-state index is 0.207. The first kappa shape index (κ1) is 13.6. The molecule has 0 fully saturated rings. The van der Waals surface area contributed by atoms with Crippen molar-refractivity contribution in [3.8, 4) is 0 Å². The summed E-state index contributed by atoms with van der Waals surface area (Å²) in [6.45, 7) is 5.36. The summed E-state index contributed by atoms with van der Waals surface area (Å²) < 4.78 is 13.4. The van der Waals surface area contributed by atoms with Crippen molar-refractivity contribution in [2.45, 2.75) is 39.3 Å². The van der Waals surface area contributed by atoms with Crippen molar-refractivity contribution >= 4 is 5.91 Å². The Hall–Kier alpha value is -1.42. The van der Waals surface area contributed by atoms with E-state index < -0.39 is 6.04 Å². The molecule has 0 heterocycles. The van der Waals surface area contributed by atoms with Crippen molar-refractivity contribution in [1.82, 2.24) is 5.32 Å². The molecular formula is C13H19FN2O. The zero-order valence-electron chi connectivity index (χ0n) is 10.5. The summed E-state index contributed by atoms with van der Waals surface area (Å²) in [5, 5.41) is 2.76. The average Bonchev–Trinajstić information content (AvgIpc) is 2.31. The molecule has 1 unspecified atom stereocenters. The summed E-state index contributed by atoms with van der Waals surface area (Å²) in [5.41, 5.74) is 6.95. The Morgan fingerprint density at radius 1 is 1.53 bits per heavy atom. The second kappa shape index (κ2) is 5.77. The van der Waals surface area contributed by atoms with Crippen LogP contribution in [0.4, 0.5) is 4.39 Å². The van der Waals surface area contributed by atoms with E-state index in [2.05, 4.69) is 5.32 Å². The number of hydrogen-bond acceptors (Lipinski definition) is 2. The Kier molecular flexibility index (Phi) is 4.63. The van der Waals surface area contributed by atoms with Gasteiger partial charge in [0.2, 0.25) is 5.91 Å². The lowest BCUT2D eigenvalue weighted by Crippen LogP contribution is -2.41. The van der Waals surface area contributed by atoms with Crippen LogP contribution in [-0.2, 0) is 4.79 Å². The van der Waals surface area contributed by atoms with Crippen molar-refractivity contribution in [2.24, 2.45) is 5.73 Å². The summed E-state index contributed by atoms with van der Waals surface area (Å²) in [5.74, 6) is -0.468. The van der Waals surface area contributed by atoms with E-state index >= 15 is 0 Å². The largest absolute Gasteiger partial charge is 0.348 e. The van der Waals surface area contributed by atoms with E-state index in [1.54, 1.807) is 19.1 Å². The lowest BCUT2D eigenvalue weighted by Gasteiger charge is -2.17. The SMILES string of the molecule is CC[C@@H](N)C(=O)NC(C)c1ccc(C)c(F)c1. The first-order valence-electron chi connectivity index (χ1n) is 5.77. The van der Waals surface area contributed by atoms with Crippen LogP contribution < -0.4 is 11.1 Å². The van der Waals surface area contributed by atoms with Gasteiger partial charge >= 0.3 is 0 Å². The molecule has 0 saturated heterocycles. The maximum Gasteiger partial charge on any atom is 0.237 e. The predicted octanol–water partition coefficient (Wildman–Crippen LogP) is 2.05.